The molecule has 2 aromatic carbocycles. The number of rotatable bonds is 7. The highest BCUT2D eigenvalue weighted by atomic mass is 19.4. The molecule has 0 unspecified atom stereocenters. The number of carbonyl (C=O) groups is 2. The number of hydrogen-bond donors (Lipinski definition) is 1. The zero-order valence-corrected chi connectivity index (χ0v) is 19.9. The van der Waals surface area contributed by atoms with Gasteiger partial charge < -0.3 is 15.1 Å². The van der Waals surface area contributed by atoms with Crippen molar-refractivity contribution < 1.29 is 22.8 Å². The van der Waals surface area contributed by atoms with Gasteiger partial charge >= 0.3 is 6.18 Å². The summed E-state index contributed by atoms with van der Waals surface area (Å²) >= 11 is 0. The van der Waals surface area contributed by atoms with E-state index in [9.17, 15) is 22.8 Å². The van der Waals surface area contributed by atoms with Gasteiger partial charge in [0.2, 0.25) is 11.8 Å². The fourth-order valence-electron chi connectivity index (χ4n) is 4.66. The molecule has 2 amide bonds. The van der Waals surface area contributed by atoms with Gasteiger partial charge in [-0.25, -0.2) is 0 Å². The van der Waals surface area contributed by atoms with Gasteiger partial charge in [-0.2, -0.15) is 13.2 Å². The predicted octanol–water partition coefficient (Wildman–Crippen LogP) is 3.56. The molecular formula is C26H31F3N4O2. The van der Waals surface area contributed by atoms with E-state index in [1.54, 1.807) is 11.0 Å². The Morgan fingerprint density at radius 3 is 2.37 bits per heavy atom. The number of alkyl halides is 3. The minimum absolute atomic E-state index is 0.165. The number of nitrogens with zero attached hydrogens (tertiary/aromatic N) is 3. The van der Waals surface area contributed by atoms with Crippen LogP contribution in [0.15, 0.2) is 48.5 Å². The van der Waals surface area contributed by atoms with E-state index in [0.29, 0.717) is 57.9 Å². The lowest BCUT2D eigenvalue weighted by molar-refractivity contribution is -0.137. The maximum Gasteiger partial charge on any atom is 0.416 e. The van der Waals surface area contributed by atoms with Gasteiger partial charge in [0.25, 0.3) is 0 Å². The summed E-state index contributed by atoms with van der Waals surface area (Å²) in [6, 6.07) is 13.3. The number of halogens is 3. The van der Waals surface area contributed by atoms with Gasteiger partial charge in [-0.3, -0.25) is 14.5 Å². The molecule has 35 heavy (non-hydrogen) atoms. The monoisotopic (exact) mass is 488 g/mol. The fraction of sp³-hybridized carbons (Fsp3) is 0.462. The lowest BCUT2D eigenvalue weighted by Gasteiger charge is -2.36. The topological polar surface area (TPSA) is 55.9 Å². The van der Waals surface area contributed by atoms with Gasteiger partial charge in [-0.05, 0) is 48.7 Å². The van der Waals surface area contributed by atoms with Crippen molar-refractivity contribution in [2.45, 2.75) is 25.9 Å². The molecular weight excluding hydrogens is 457 g/mol. The molecule has 9 heteroatoms. The fourth-order valence-corrected chi connectivity index (χ4v) is 4.66. The summed E-state index contributed by atoms with van der Waals surface area (Å²) in [4.78, 5) is 31.2. The van der Waals surface area contributed by atoms with E-state index in [1.807, 2.05) is 29.2 Å². The molecule has 0 radical (unpaired) electrons. The van der Waals surface area contributed by atoms with Gasteiger partial charge in [-0.1, -0.05) is 25.1 Å². The minimum atomic E-state index is -4.35. The average molecular weight is 489 g/mol. The summed E-state index contributed by atoms with van der Waals surface area (Å²) < 4.78 is 39.0. The quantitative estimate of drug-likeness (QED) is 0.606. The van der Waals surface area contributed by atoms with Crippen LogP contribution in [0.3, 0.4) is 0 Å². The SMILES string of the molecule is CCc1ccc(N2CC[C@@H](C(=O)NCCN3CCN(c4cccc(C(F)(F)F)c4)CC3)C2=O)cc1. The zero-order valence-electron chi connectivity index (χ0n) is 19.9. The van der Waals surface area contributed by atoms with Gasteiger partial charge in [-0.15, -0.1) is 0 Å². The maximum absolute atomic E-state index is 13.0. The molecule has 1 N–H and O–H groups in total. The molecule has 0 bridgehead atoms. The molecule has 188 valence electrons. The maximum atomic E-state index is 13.0. The van der Waals surface area contributed by atoms with Crippen molar-refractivity contribution in [1.82, 2.24) is 10.2 Å². The average Bonchev–Trinajstić information content (AvgIpc) is 3.25. The van der Waals surface area contributed by atoms with E-state index in [-0.39, 0.29) is 11.8 Å². The molecule has 4 rings (SSSR count). The molecule has 1 atom stereocenters. The number of amides is 2. The van der Waals surface area contributed by atoms with Crippen molar-refractivity contribution in [3.63, 3.8) is 0 Å². The van der Waals surface area contributed by atoms with Gasteiger partial charge in [0.1, 0.15) is 5.92 Å². The van der Waals surface area contributed by atoms with Crippen LogP contribution in [0.25, 0.3) is 0 Å². The molecule has 0 saturated carbocycles. The van der Waals surface area contributed by atoms with Crippen LogP contribution in [-0.2, 0) is 22.2 Å². The first-order valence-electron chi connectivity index (χ1n) is 12.1. The zero-order chi connectivity index (χ0) is 25.0. The Morgan fingerprint density at radius 1 is 1.00 bits per heavy atom. The summed E-state index contributed by atoms with van der Waals surface area (Å²) in [5, 5.41) is 2.89. The van der Waals surface area contributed by atoms with Crippen LogP contribution in [0.5, 0.6) is 0 Å². The Bertz CT molecular complexity index is 1030. The van der Waals surface area contributed by atoms with E-state index in [4.69, 9.17) is 0 Å². The van der Waals surface area contributed by atoms with Crippen molar-refractivity contribution in [3.05, 3.63) is 59.7 Å². The Morgan fingerprint density at radius 2 is 1.71 bits per heavy atom. The van der Waals surface area contributed by atoms with Crippen LogP contribution in [-0.4, -0.2) is 62.5 Å². The highest BCUT2D eigenvalue weighted by Gasteiger charge is 2.37. The summed E-state index contributed by atoms with van der Waals surface area (Å²) in [5.74, 6) is -1.08. The first-order chi connectivity index (χ1) is 16.8. The normalized spacial score (nSPS) is 19.3. The molecule has 6 nitrogen and oxygen atoms in total. The van der Waals surface area contributed by atoms with Crippen LogP contribution >= 0.6 is 0 Å². The van der Waals surface area contributed by atoms with Crippen LogP contribution < -0.4 is 15.1 Å². The third kappa shape index (κ3) is 5.96. The first-order valence-corrected chi connectivity index (χ1v) is 12.1. The van der Waals surface area contributed by atoms with E-state index in [1.165, 1.54) is 17.7 Å². The van der Waals surface area contributed by atoms with Crippen molar-refractivity contribution in [2.24, 2.45) is 5.92 Å². The second kappa shape index (κ2) is 10.7. The number of nitrogens with one attached hydrogen (secondary N) is 1. The predicted molar refractivity (Wildman–Crippen MR) is 129 cm³/mol. The van der Waals surface area contributed by atoms with E-state index < -0.39 is 17.7 Å². The molecule has 0 spiro atoms. The number of carbonyl (C=O) groups excluding carboxylic acids is 2. The Balaban J connectivity index is 1.21. The summed E-state index contributed by atoms with van der Waals surface area (Å²) in [6.07, 6.45) is -2.93. The number of benzene rings is 2. The Kier molecular flexibility index (Phi) is 7.64. The lowest BCUT2D eigenvalue weighted by Crippen LogP contribution is -2.49. The Labute approximate surface area is 203 Å². The molecule has 2 aromatic rings. The van der Waals surface area contributed by atoms with Crippen molar-refractivity contribution in [3.8, 4) is 0 Å². The molecule has 2 saturated heterocycles. The second-order valence-corrected chi connectivity index (χ2v) is 9.02. The number of hydrogen-bond acceptors (Lipinski definition) is 4. The third-order valence-electron chi connectivity index (χ3n) is 6.82. The van der Waals surface area contributed by atoms with Crippen molar-refractivity contribution >= 4 is 23.2 Å². The smallest absolute Gasteiger partial charge is 0.369 e. The number of piperazine rings is 1. The Hall–Kier alpha value is -3.07. The lowest BCUT2D eigenvalue weighted by atomic mass is 10.1. The van der Waals surface area contributed by atoms with Crippen LogP contribution in [0, 0.1) is 5.92 Å². The molecule has 2 aliphatic rings. The van der Waals surface area contributed by atoms with Crippen LogP contribution in [0.4, 0.5) is 24.5 Å². The molecule has 2 aliphatic heterocycles. The molecule has 2 heterocycles. The number of anilines is 2. The van der Waals surface area contributed by atoms with Gasteiger partial charge in [0.15, 0.2) is 0 Å². The molecule has 0 aromatic heterocycles. The van der Waals surface area contributed by atoms with Crippen molar-refractivity contribution in [2.75, 3.05) is 55.6 Å². The molecule has 0 aliphatic carbocycles. The number of aryl methyl sites for hydroxylation is 1. The standard InChI is InChI=1S/C26H31F3N4O2/c1-2-19-6-8-21(9-7-19)33-12-10-23(25(33)35)24(34)30-11-13-31-14-16-32(17-15-31)22-5-3-4-20(18-22)26(27,28)29/h3-9,18,23H,2,10-17H2,1H3,(H,30,34)/t23-/m0/s1. The van der Waals surface area contributed by atoms with E-state index in [2.05, 4.69) is 17.1 Å². The van der Waals surface area contributed by atoms with Crippen LogP contribution in [0.1, 0.15) is 24.5 Å². The summed E-state index contributed by atoms with van der Waals surface area (Å²) in [5.41, 5.74) is 1.95. The third-order valence-corrected chi connectivity index (χ3v) is 6.82. The van der Waals surface area contributed by atoms with Crippen LogP contribution in [0.2, 0.25) is 0 Å². The van der Waals surface area contributed by atoms with E-state index >= 15 is 0 Å². The first kappa shape index (κ1) is 25.0. The summed E-state index contributed by atoms with van der Waals surface area (Å²) in [6.45, 7) is 6.27. The highest BCUT2D eigenvalue weighted by molar-refractivity contribution is 6.09. The van der Waals surface area contributed by atoms with E-state index in [0.717, 1.165) is 18.2 Å². The van der Waals surface area contributed by atoms with Gasteiger partial charge in [0, 0.05) is 57.2 Å². The summed E-state index contributed by atoms with van der Waals surface area (Å²) in [7, 11) is 0. The minimum Gasteiger partial charge on any atom is -0.369 e. The largest absolute Gasteiger partial charge is 0.416 e. The van der Waals surface area contributed by atoms with Gasteiger partial charge in [0.05, 0.1) is 5.56 Å². The van der Waals surface area contributed by atoms with Crippen molar-refractivity contribution in [1.29, 1.82) is 0 Å². The highest BCUT2D eigenvalue weighted by Crippen LogP contribution is 2.32. The molecule has 2 fully saturated rings. The second-order valence-electron chi connectivity index (χ2n) is 9.02.